The smallest absolute Gasteiger partial charge is 0.334 e. The third-order valence-electron chi connectivity index (χ3n) is 5.33. The first kappa shape index (κ1) is 12.9. The molecule has 1 saturated carbocycles. The first-order chi connectivity index (χ1) is 8.84. The molecule has 3 rings (SSSR count). The number of carbonyl (C=O) groups excluding carboxylic acids is 1. The number of hydrogen-bond donors (Lipinski definition) is 2. The molecule has 0 aromatic carbocycles. The Morgan fingerprint density at radius 1 is 1.47 bits per heavy atom. The van der Waals surface area contributed by atoms with E-state index in [2.05, 4.69) is 6.58 Å². The third-order valence-corrected chi connectivity index (χ3v) is 5.33. The van der Waals surface area contributed by atoms with Crippen LogP contribution in [0.15, 0.2) is 23.8 Å². The van der Waals surface area contributed by atoms with Gasteiger partial charge in [0.15, 0.2) is 0 Å². The van der Waals surface area contributed by atoms with E-state index >= 15 is 0 Å². The van der Waals surface area contributed by atoms with E-state index in [9.17, 15) is 15.0 Å². The minimum absolute atomic E-state index is 0.0522. The van der Waals surface area contributed by atoms with Crippen LogP contribution in [0, 0.1) is 17.3 Å². The average Bonchev–Trinajstić information content (AvgIpc) is 2.60. The molecule has 0 radical (unpaired) electrons. The van der Waals surface area contributed by atoms with Crippen molar-refractivity contribution in [1.82, 2.24) is 0 Å². The molecule has 2 N–H and O–H groups in total. The van der Waals surface area contributed by atoms with Crippen LogP contribution in [-0.4, -0.2) is 34.5 Å². The molecule has 104 valence electrons. The van der Waals surface area contributed by atoms with E-state index in [0.29, 0.717) is 12.0 Å². The highest BCUT2D eigenvalue weighted by Crippen LogP contribution is 2.55. The van der Waals surface area contributed by atoms with E-state index < -0.39 is 17.6 Å². The van der Waals surface area contributed by atoms with Crippen molar-refractivity contribution in [2.45, 2.75) is 45.0 Å². The molecule has 0 amide bonds. The first-order valence-electron chi connectivity index (χ1n) is 6.79. The Morgan fingerprint density at radius 3 is 2.84 bits per heavy atom. The fourth-order valence-corrected chi connectivity index (χ4v) is 4.15. The molecule has 2 fully saturated rings. The Labute approximate surface area is 112 Å². The summed E-state index contributed by atoms with van der Waals surface area (Å²) < 4.78 is 5.36. The van der Waals surface area contributed by atoms with Crippen molar-refractivity contribution in [3.8, 4) is 0 Å². The van der Waals surface area contributed by atoms with Crippen molar-refractivity contribution in [3.63, 3.8) is 0 Å². The fraction of sp³-hybridized carbons (Fsp3) is 0.667. The van der Waals surface area contributed by atoms with E-state index in [1.807, 2.05) is 13.8 Å². The van der Waals surface area contributed by atoms with Crippen LogP contribution in [0.2, 0.25) is 0 Å². The Balaban J connectivity index is 1.98. The van der Waals surface area contributed by atoms with Crippen molar-refractivity contribution >= 4 is 5.97 Å². The molecular weight excluding hydrogens is 244 g/mol. The van der Waals surface area contributed by atoms with Crippen LogP contribution in [0.5, 0.6) is 0 Å². The maximum atomic E-state index is 11.6. The van der Waals surface area contributed by atoms with Crippen molar-refractivity contribution in [3.05, 3.63) is 23.8 Å². The highest BCUT2D eigenvalue weighted by Gasteiger charge is 2.56. The molecule has 4 nitrogen and oxygen atoms in total. The zero-order chi connectivity index (χ0) is 13.9. The summed E-state index contributed by atoms with van der Waals surface area (Å²) in [5, 5.41) is 20.3. The minimum atomic E-state index is -0.835. The number of hydrogen-bond acceptors (Lipinski definition) is 4. The summed E-state index contributed by atoms with van der Waals surface area (Å²) in [6.07, 6.45) is 1.23. The maximum Gasteiger partial charge on any atom is 0.334 e. The lowest BCUT2D eigenvalue weighted by Gasteiger charge is -2.51. The largest absolute Gasteiger partial charge is 0.458 e. The monoisotopic (exact) mass is 264 g/mol. The molecule has 3 aliphatic rings. The van der Waals surface area contributed by atoms with Gasteiger partial charge < -0.3 is 14.9 Å². The molecule has 0 aromatic heterocycles. The standard InChI is InChI=1S/C15H20O4/c1-7-4-11(16)13(17)15(3)6-12-9(5-10(7)15)8(2)14(18)19-12/h4,9-13,16-17H,2,5-6H2,1,3H3/t9-,10-,11+,12-,13-,15+/m0/s1. The SMILES string of the molecule is C=C1C(=O)O[C@H]2C[C@]3(C)[C@@H](C[C@@H]12)C(C)=C[C@@H](O)[C@@H]3O. The number of rotatable bonds is 0. The Hall–Kier alpha value is -1.13. The molecule has 0 unspecified atom stereocenters. The number of aliphatic hydroxyl groups excluding tert-OH is 2. The van der Waals surface area contributed by atoms with Gasteiger partial charge in [0.2, 0.25) is 0 Å². The van der Waals surface area contributed by atoms with Gasteiger partial charge in [-0.2, -0.15) is 0 Å². The van der Waals surface area contributed by atoms with Crippen LogP contribution in [-0.2, 0) is 9.53 Å². The lowest BCUT2D eigenvalue weighted by Crippen LogP contribution is -2.54. The van der Waals surface area contributed by atoms with Crippen molar-refractivity contribution in [2.75, 3.05) is 0 Å². The molecule has 4 heteroatoms. The molecule has 1 heterocycles. The second kappa shape index (κ2) is 3.93. The molecule has 2 aliphatic carbocycles. The van der Waals surface area contributed by atoms with Gasteiger partial charge in [0.25, 0.3) is 0 Å². The van der Waals surface area contributed by atoms with Crippen LogP contribution in [0.4, 0.5) is 0 Å². The van der Waals surface area contributed by atoms with Gasteiger partial charge in [0.1, 0.15) is 6.10 Å². The van der Waals surface area contributed by atoms with Crippen LogP contribution in [0.25, 0.3) is 0 Å². The van der Waals surface area contributed by atoms with Crippen LogP contribution < -0.4 is 0 Å². The zero-order valence-corrected chi connectivity index (χ0v) is 11.3. The second-order valence-electron chi connectivity index (χ2n) is 6.42. The highest BCUT2D eigenvalue weighted by molar-refractivity contribution is 5.90. The Kier molecular flexibility index (Phi) is 2.67. The lowest BCUT2D eigenvalue weighted by atomic mass is 9.55. The predicted molar refractivity (Wildman–Crippen MR) is 69.1 cm³/mol. The molecule has 1 aliphatic heterocycles. The number of aliphatic hydroxyl groups is 2. The summed E-state index contributed by atoms with van der Waals surface area (Å²) in [4.78, 5) is 11.6. The van der Waals surface area contributed by atoms with E-state index in [4.69, 9.17) is 4.74 Å². The maximum absolute atomic E-state index is 11.6. The normalized spacial score (nSPS) is 49.3. The Bertz CT molecular complexity index is 481. The van der Waals surface area contributed by atoms with Gasteiger partial charge in [-0.15, -0.1) is 0 Å². The van der Waals surface area contributed by atoms with Crippen molar-refractivity contribution < 1.29 is 19.7 Å². The first-order valence-corrected chi connectivity index (χ1v) is 6.79. The van der Waals surface area contributed by atoms with Gasteiger partial charge in [-0.25, -0.2) is 4.79 Å². The van der Waals surface area contributed by atoms with Crippen molar-refractivity contribution in [2.24, 2.45) is 17.3 Å². The molecule has 0 spiro atoms. The molecule has 0 aromatic rings. The van der Waals surface area contributed by atoms with E-state index in [1.54, 1.807) is 6.08 Å². The highest BCUT2D eigenvalue weighted by atomic mass is 16.6. The van der Waals surface area contributed by atoms with Crippen LogP contribution >= 0.6 is 0 Å². The van der Waals surface area contributed by atoms with Gasteiger partial charge in [-0.1, -0.05) is 25.2 Å². The summed E-state index contributed by atoms with van der Waals surface area (Å²) in [6.45, 7) is 7.80. The number of allylic oxidation sites excluding steroid dienone is 1. The number of carbonyl (C=O) groups is 1. The second-order valence-corrected chi connectivity index (χ2v) is 6.42. The van der Waals surface area contributed by atoms with Crippen molar-refractivity contribution in [1.29, 1.82) is 0 Å². The minimum Gasteiger partial charge on any atom is -0.458 e. The fourth-order valence-electron chi connectivity index (χ4n) is 4.15. The van der Waals surface area contributed by atoms with Crippen LogP contribution in [0.1, 0.15) is 26.7 Å². The van der Waals surface area contributed by atoms with Gasteiger partial charge in [0.05, 0.1) is 12.2 Å². The summed E-state index contributed by atoms with van der Waals surface area (Å²) in [5.74, 6) is -0.0938. The molecule has 0 bridgehead atoms. The number of esters is 1. The van der Waals surface area contributed by atoms with Gasteiger partial charge in [-0.3, -0.25) is 0 Å². The van der Waals surface area contributed by atoms with E-state index in [1.165, 1.54) is 0 Å². The molecule has 19 heavy (non-hydrogen) atoms. The number of fused-ring (bicyclic) bond motifs is 2. The topological polar surface area (TPSA) is 66.8 Å². The summed E-state index contributed by atoms with van der Waals surface area (Å²) >= 11 is 0. The van der Waals surface area contributed by atoms with E-state index in [-0.39, 0.29) is 23.9 Å². The quantitative estimate of drug-likeness (QED) is 0.392. The van der Waals surface area contributed by atoms with Gasteiger partial charge in [0, 0.05) is 16.9 Å². The molecule has 1 saturated heterocycles. The van der Waals surface area contributed by atoms with Gasteiger partial charge >= 0.3 is 5.97 Å². The van der Waals surface area contributed by atoms with Gasteiger partial charge in [-0.05, 0) is 25.7 Å². The summed E-state index contributed by atoms with van der Waals surface area (Å²) in [7, 11) is 0. The summed E-state index contributed by atoms with van der Waals surface area (Å²) in [5.41, 5.74) is 1.20. The van der Waals surface area contributed by atoms with E-state index in [0.717, 1.165) is 12.0 Å². The third kappa shape index (κ3) is 1.63. The molecule has 6 atom stereocenters. The Morgan fingerprint density at radius 2 is 2.16 bits per heavy atom. The number of ether oxygens (including phenoxy) is 1. The summed E-state index contributed by atoms with van der Waals surface area (Å²) in [6, 6.07) is 0. The average molecular weight is 264 g/mol. The molecular formula is C15H20O4. The predicted octanol–water partition coefficient (Wildman–Crippen LogP) is 1.18. The van der Waals surface area contributed by atoms with Crippen LogP contribution in [0.3, 0.4) is 0 Å². The lowest BCUT2D eigenvalue weighted by molar-refractivity contribution is -0.148. The zero-order valence-electron chi connectivity index (χ0n) is 11.3.